The van der Waals surface area contributed by atoms with Gasteiger partial charge >= 0.3 is 12.1 Å². The summed E-state index contributed by atoms with van der Waals surface area (Å²) in [5.74, 6) is -0.860. The van der Waals surface area contributed by atoms with E-state index in [2.05, 4.69) is 11.9 Å². The van der Waals surface area contributed by atoms with E-state index in [4.69, 9.17) is 4.74 Å². The second kappa shape index (κ2) is 5.14. The summed E-state index contributed by atoms with van der Waals surface area (Å²) in [6, 6.07) is 6.90. The molecule has 0 saturated heterocycles. The number of amides is 1. The molecule has 1 aromatic carbocycles. The third-order valence-corrected chi connectivity index (χ3v) is 3.17. The second-order valence-corrected chi connectivity index (χ2v) is 4.44. The first-order valence-electron chi connectivity index (χ1n) is 5.98. The van der Waals surface area contributed by atoms with Crippen molar-refractivity contribution in [3.05, 3.63) is 42.5 Å². The van der Waals surface area contributed by atoms with Gasteiger partial charge in [0.2, 0.25) is 0 Å². The highest BCUT2D eigenvalue weighted by Crippen LogP contribution is 2.50. The van der Waals surface area contributed by atoms with Gasteiger partial charge in [-0.15, -0.1) is 0 Å². The normalized spacial score (nSPS) is 15.4. The minimum atomic E-state index is -0.860. The Hall–Kier alpha value is -2.30. The molecule has 0 heterocycles. The average molecular weight is 261 g/mol. The van der Waals surface area contributed by atoms with Crippen molar-refractivity contribution in [3.63, 3.8) is 0 Å². The molecule has 5 nitrogen and oxygen atoms in total. The number of aliphatic carboxylic acids is 1. The maximum atomic E-state index is 11.5. The van der Waals surface area contributed by atoms with Crippen molar-refractivity contribution in [2.45, 2.75) is 18.3 Å². The number of carboxylic acid groups (broad SMARTS) is 1. The molecule has 0 aliphatic heterocycles. The van der Waals surface area contributed by atoms with Crippen LogP contribution in [-0.4, -0.2) is 23.8 Å². The van der Waals surface area contributed by atoms with Gasteiger partial charge in [-0.25, -0.2) is 4.79 Å². The van der Waals surface area contributed by atoms with Gasteiger partial charge in [0, 0.05) is 5.69 Å². The van der Waals surface area contributed by atoms with Crippen molar-refractivity contribution in [2.75, 3.05) is 11.9 Å². The largest absolute Gasteiger partial charge is 0.481 e. The van der Waals surface area contributed by atoms with E-state index in [-0.39, 0.29) is 6.61 Å². The Morgan fingerprint density at radius 3 is 2.68 bits per heavy atom. The summed E-state index contributed by atoms with van der Waals surface area (Å²) in [5, 5.41) is 11.9. The van der Waals surface area contributed by atoms with Crippen LogP contribution in [0.3, 0.4) is 0 Å². The highest BCUT2D eigenvalue weighted by Gasteiger charge is 2.52. The summed E-state index contributed by atoms with van der Waals surface area (Å²) in [4.78, 5) is 22.8. The van der Waals surface area contributed by atoms with Gasteiger partial charge in [-0.1, -0.05) is 30.9 Å². The summed E-state index contributed by atoms with van der Waals surface area (Å²) < 4.78 is 4.83. The number of ether oxygens (including phenoxy) is 1. The molecule has 2 N–H and O–H groups in total. The summed E-state index contributed by atoms with van der Waals surface area (Å²) in [6.07, 6.45) is 2.02. The number of anilines is 1. The molecule has 0 unspecified atom stereocenters. The van der Waals surface area contributed by atoms with E-state index < -0.39 is 17.5 Å². The van der Waals surface area contributed by atoms with E-state index >= 15 is 0 Å². The van der Waals surface area contributed by atoms with E-state index in [1.54, 1.807) is 24.3 Å². The molecular formula is C14H15NO4. The molecule has 1 fully saturated rings. The lowest BCUT2D eigenvalue weighted by atomic mass is 9.94. The van der Waals surface area contributed by atoms with Crippen LogP contribution in [0.25, 0.3) is 0 Å². The number of carbonyl (C=O) groups excluding carboxylic acids is 1. The van der Waals surface area contributed by atoms with Crippen LogP contribution in [0.5, 0.6) is 0 Å². The summed E-state index contributed by atoms with van der Waals surface area (Å²) >= 11 is 0. The predicted octanol–water partition coefficient (Wildman–Crippen LogP) is 2.54. The fraction of sp³-hybridized carbons (Fsp3) is 0.286. The molecule has 1 saturated carbocycles. The Labute approximate surface area is 110 Å². The minimum absolute atomic E-state index is 0.109. The van der Waals surface area contributed by atoms with Crippen molar-refractivity contribution >= 4 is 17.7 Å². The second-order valence-electron chi connectivity index (χ2n) is 4.44. The number of hydrogen-bond acceptors (Lipinski definition) is 3. The van der Waals surface area contributed by atoms with E-state index in [1.165, 1.54) is 6.08 Å². The number of carboxylic acids is 1. The first kappa shape index (κ1) is 13.1. The van der Waals surface area contributed by atoms with Gasteiger partial charge in [0.25, 0.3) is 0 Å². The molecule has 100 valence electrons. The molecule has 0 aromatic heterocycles. The lowest BCUT2D eigenvalue weighted by Crippen LogP contribution is -2.23. The first-order chi connectivity index (χ1) is 9.10. The maximum Gasteiger partial charge on any atom is 0.411 e. The Bertz CT molecular complexity index is 520. The standard InChI is InChI=1S/C14H15NO4/c1-2-9-19-13(18)15-11-6-4-3-5-10(11)14(7-8-14)12(16)17/h2-6H,1,7-9H2,(H,15,18)(H,16,17). The molecule has 19 heavy (non-hydrogen) atoms. The highest BCUT2D eigenvalue weighted by molar-refractivity contribution is 5.91. The van der Waals surface area contributed by atoms with Crippen molar-refractivity contribution in [1.29, 1.82) is 0 Å². The number of carbonyl (C=O) groups is 2. The Balaban J connectivity index is 2.20. The SMILES string of the molecule is C=CCOC(=O)Nc1ccccc1C1(C(=O)O)CC1. The first-order valence-corrected chi connectivity index (χ1v) is 5.98. The maximum absolute atomic E-state index is 11.5. The molecule has 1 aromatic rings. The fourth-order valence-corrected chi connectivity index (χ4v) is 2.01. The van der Waals surface area contributed by atoms with E-state index in [1.807, 2.05) is 0 Å². The Kier molecular flexibility index (Phi) is 3.55. The average Bonchev–Trinajstić information content (AvgIpc) is 3.18. The zero-order valence-electron chi connectivity index (χ0n) is 10.4. The number of nitrogens with one attached hydrogen (secondary N) is 1. The van der Waals surface area contributed by atoms with Gasteiger partial charge in [-0.2, -0.15) is 0 Å². The van der Waals surface area contributed by atoms with Crippen LogP contribution in [0.4, 0.5) is 10.5 Å². The molecule has 0 radical (unpaired) electrons. The molecular weight excluding hydrogens is 246 g/mol. The van der Waals surface area contributed by atoms with Crippen LogP contribution in [0.1, 0.15) is 18.4 Å². The zero-order chi connectivity index (χ0) is 13.9. The van der Waals surface area contributed by atoms with Crippen LogP contribution in [0, 0.1) is 0 Å². The highest BCUT2D eigenvalue weighted by atomic mass is 16.5. The van der Waals surface area contributed by atoms with Crippen LogP contribution >= 0.6 is 0 Å². The minimum Gasteiger partial charge on any atom is -0.481 e. The number of benzene rings is 1. The number of rotatable bonds is 5. The molecule has 0 spiro atoms. The molecule has 1 aliphatic rings. The summed E-state index contributed by atoms with van der Waals surface area (Å²) in [6.45, 7) is 3.56. The van der Waals surface area contributed by atoms with Crippen molar-refractivity contribution in [1.82, 2.24) is 0 Å². The van der Waals surface area contributed by atoms with Gasteiger partial charge in [-0.05, 0) is 24.5 Å². The van der Waals surface area contributed by atoms with E-state index in [0.29, 0.717) is 24.1 Å². The quantitative estimate of drug-likeness (QED) is 0.799. The lowest BCUT2D eigenvalue weighted by molar-refractivity contribution is -0.140. The molecule has 0 atom stereocenters. The number of hydrogen-bond donors (Lipinski definition) is 2. The molecule has 2 rings (SSSR count). The van der Waals surface area contributed by atoms with Gasteiger partial charge in [0.1, 0.15) is 6.61 Å². The summed E-state index contributed by atoms with van der Waals surface area (Å²) in [7, 11) is 0. The third kappa shape index (κ3) is 2.59. The molecule has 1 amide bonds. The molecule has 5 heteroatoms. The van der Waals surface area contributed by atoms with Crippen molar-refractivity contribution in [3.8, 4) is 0 Å². The molecule has 1 aliphatic carbocycles. The van der Waals surface area contributed by atoms with Crippen molar-refractivity contribution in [2.24, 2.45) is 0 Å². The van der Waals surface area contributed by atoms with Crippen molar-refractivity contribution < 1.29 is 19.4 Å². The van der Waals surface area contributed by atoms with E-state index in [0.717, 1.165) is 0 Å². The lowest BCUT2D eigenvalue weighted by Gasteiger charge is -2.15. The van der Waals surface area contributed by atoms with Crippen LogP contribution in [0.2, 0.25) is 0 Å². The smallest absolute Gasteiger partial charge is 0.411 e. The monoisotopic (exact) mass is 261 g/mol. The Morgan fingerprint density at radius 1 is 1.42 bits per heavy atom. The Morgan fingerprint density at radius 2 is 2.11 bits per heavy atom. The van der Waals surface area contributed by atoms with E-state index in [9.17, 15) is 14.7 Å². The predicted molar refractivity (Wildman–Crippen MR) is 70.2 cm³/mol. The molecule has 0 bridgehead atoms. The van der Waals surface area contributed by atoms with Gasteiger partial charge < -0.3 is 9.84 Å². The van der Waals surface area contributed by atoms with Gasteiger partial charge in [0.05, 0.1) is 5.41 Å². The van der Waals surface area contributed by atoms with Crippen LogP contribution in [-0.2, 0) is 14.9 Å². The van der Waals surface area contributed by atoms with Crippen LogP contribution < -0.4 is 5.32 Å². The third-order valence-electron chi connectivity index (χ3n) is 3.17. The van der Waals surface area contributed by atoms with Crippen LogP contribution in [0.15, 0.2) is 36.9 Å². The number of para-hydroxylation sites is 1. The zero-order valence-corrected chi connectivity index (χ0v) is 10.4. The van der Waals surface area contributed by atoms with Gasteiger partial charge in [0.15, 0.2) is 0 Å². The summed E-state index contributed by atoms with van der Waals surface area (Å²) in [5.41, 5.74) is 0.247. The van der Waals surface area contributed by atoms with Gasteiger partial charge in [-0.3, -0.25) is 10.1 Å². The topological polar surface area (TPSA) is 75.6 Å². The fourth-order valence-electron chi connectivity index (χ4n) is 2.01.